The minimum absolute atomic E-state index is 0.00110. The Kier molecular flexibility index (Phi) is 2.73. The van der Waals surface area contributed by atoms with Crippen LogP contribution >= 0.6 is 0 Å². The van der Waals surface area contributed by atoms with Gasteiger partial charge in [-0.2, -0.15) is 5.10 Å². The standard InChI is InChI=1S/C12H20N4O/c1-11(2,3)8-6-9(16-15-8)14-10(17)12(7-13)4-5-12/h6H,4-5,7,13H2,1-3H3,(H2,14,15,16,17). The Morgan fingerprint density at radius 2 is 2.24 bits per heavy atom. The maximum Gasteiger partial charge on any atom is 0.233 e. The van der Waals surface area contributed by atoms with Crippen LogP contribution in [-0.4, -0.2) is 22.6 Å². The van der Waals surface area contributed by atoms with E-state index in [1.54, 1.807) is 0 Å². The molecule has 5 heteroatoms. The summed E-state index contributed by atoms with van der Waals surface area (Å²) in [6, 6.07) is 1.88. The molecule has 5 nitrogen and oxygen atoms in total. The molecular formula is C12H20N4O. The fourth-order valence-corrected chi connectivity index (χ4v) is 1.69. The predicted molar refractivity (Wildman–Crippen MR) is 66.6 cm³/mol. The largest absolute Gasteiger partial charge is 0.329 e. The van der Waals surface area contributed by atoms with E-state index < -0.39 is 0 Å². The van der Waals surface area contributed by atoms with Crippen LogP contribution in [0.1, 0.15) is 39.3 Å². The molecule has 0 aromatic carbocycles. The third-order valence-corrected chi connectivity index (χ3v) is 3.35. The highest BCUT2D eigenvalue weighted by Crippen LogP contribution is 2.45. The second-order valence-electron chi connectivity index (χ2n) is 5.86. The number of H-pyrrole nitrogens is 1. The van der Waals surface area contributed by atoms with Gasteiger partial charge in [-0.05, 0) is 12.8 Å². The van der Waals surface area contributed by atoms with E-state index >= 15 is 0 Å². The summed E-state index contributed by atoms with van der Waals surface area (Å²) in [6.07, 6.45) is 1.76. The Morgan fingerprint density at radius 1 is 1.59 bits per heavy atom. The van der Waals surface area contributed by atoms with Crippen molar-refractivity contribution in [3.05, 3.63) is 11.8 Å². The lowest BCUT2D eigenvalue weighted by Crippen LogP contribution is -2.30. The number of hydrogen-bond acceptors (Lipinski definition) is 3. The molecule has 1 heterocycles. The van der Waals surface area contributed by atoms with Crippen molar-refractivity contribution in [1.29, 1.82) is 0 Å². The minimum Gasteiger partial charge on any atom is -0.329 e. The maximum absolute atomic E-state index is 11.9. The molecule has 0 atom stereocenters. The van der Waals surface area contributed by atoms with Gasteiger partial charge in [0.2, 0.25) is 5.91 Å². The molecule has 2 rings (SSSR count). The number of nitrogens with one attached hydrogen (secondary N) is 2. The van der Waals surface area contributed by atoms with Crippen molar-refractivity contribution in [3.8, 4) is 0 Å². The fourth-order valence-electron chi connectivity index (χ4n) is 1.69. The average molecular weight is 236 g/mol. The van der Waals surface area contributed by atoms with Gasteiger partial charge in [0.05, 0.1) is 5.41 Å². The van der Waals surface area contributed by atoms with Gasteiger partial charge in [-0.1, -0.05) is 20.8 Å². The number of nitrogens with two attached hydrogens (primary N) is 1. The van der Waals surface area contributed by atoms with Crippen molar-refractivity contribution in [3.63, 3.8) is 0 Å². The highest BCUT2D eigenvalue weighted by molar-refractivity contribution is 5.96. The van der Waals surface area contributed by atoms with E-state index in [0.717, 1.165) is 18.5 Å². The summed E-state index contributed by atoms with van der Waals surface area (Å²) in [4.78, 5) is 11.9. The highest BCUT2D eigenvalue weighted by Gasteiger charge is 2.48. The molecule has 1 aromatic heterocycles. The van der Waals surface area contributed by atoms with Crippen molar-refractivity contribution in [2.75, 3.05) is 11.9 Å². The van der Waals surface area contributed by atoms with Gasteiger partial charge in [0.25, 0.3) is 0 Å². The normalized spacial score (nSPS) is 17.9. The van der Waals surface area contributed by atoms with E-state index in [-0.39, 0.29) is 16.7 Å². The molecule has 0 spiro atoms. The number of anilines is 1. The fraction of sp³-hybridized carbons (Fsp3) is 0.667. The van der Waals surface area contributed by atoms with Gasteiger partial charge >= 0.3 is 0 Å². The Hall–Kier alpha value is -1.36. The van der Waals surface area contributed by atoms with Gasteiger partial charge in [0.15, 0.2) is 5.82 Å². The first kappa shape index (κ1) is 12.1. The van der Waals surface area contributed by atoms with E-state index in [4.69, 9.17) is 5.73 Å². The molecule has 0 bridgehead atoms. The van der Waals surface area contributed by atoms with Crippen LogP contribution in [0.25, 0.3) is 0 Å². The first-order chi connectivity index (χ1) is 7.87. The van der Waals surface area contributed by atoms with E-state index in [1.165, 1.54) is 0 Å². The lowest BCUT2D eigenvalue weighted by molar-refractivity contribution is -0.120. The summed E-state index contributed by atoms with van der Waals surface area (Å²) in [5, 5.41) is 9.87. The predicted octanol–water partition coefficient (Wildman–Crippen LogP) is 1.38. The van der Waals surface area contributed by atoms with Crippen LogP contribution in [0.3, 0.4) is 0 Å². The molecule has 1 aliphatic rings. The lowest BCUT2D eigenvalue weighted by atomic mass is 9.92. The van der Waals surface area contributed by atoms with E-state index in [2.05, 4.69) is 36.3 Å². The number of nitrogens with zero attached hydrogens (tertiary/aromatic N) is 1. The number of hydrogen-bond donors (Lipinski definition) is 3. The van der Waals surface area contributed by atoms with Crippen LogP contribution in [0, 0.1) is 5.41 Å². The highest BCUT2D eigenvalue weighted by atomic mass is 16.2. The Labute approximate surface area is 101 Å². The van der Waals surface area contributed by atoms with Crippen LogP contribution in [0.5, 0.6) is 0 Å². The van der Waals surface area contributed by atoms with Gasteiger partial charge in [0, 0.05) is 23.7 Å². The monoisotopic (exact) mass is 236 g/mol. The second-order valence-corrected chi connectivity index (χ2v) is 5.86. The molecule has 0 unspecified atom stereocenters. The molecule has 0 aliphatic heterocycles. The molecule has 17 heavy (non-hydrogen) atoms. The minimum atomic E-state index is -0.332. The molecule has 1 aliphatic carbocycles. The number of carbonyl (C=O) groups excluding carboxylic acids is 1. The molecule has 1 amide bonds. The second kappa shape index (κ2) is 3.84. The Bertz CT molecular complexity index is 426. The summed E-state index contributed by atoms with van der Waals surface area (Å²) >= 11 is 0. The number of amides is 1. The van der Waals surface area contributed by atoms with Crippen molar-refractivity contribution in [2.45, 2.75) is 39.0 Å². The van der Waals surface area contributed by atoms with Crippen molar-refractivity contribution in [1.82, 2.24) is 10.2 Å². The Balaban J connectivity index is 2.05. The zero-order valence-corrected chi connectivity index (χ0v) is 10.6. The van der Waals surface area contributed by atoms with Crippen LogP contribution in [0.4, 0.5) is 5.82 Å². The molecule has 1 aromatic rings. The van der Waals surface area contributed by atoms with Crippen LogP contribution in [0.15, 0.2) is 6.07 Å². The summed E-state index contributed by atoms with van der Waals surface area (Å²) in [5.74, 6) is 0.576. The third kappa shape index (κ3) is 2.34. The zero-order chi connectivity index (χ0) is 12.7. The maximum atomic E-state index is 11.9. The van der Waals surface area contributed by atoms with Gasteiger partial charge in [0.1, 0.15) is 0 Å². The summed E-state index contributed by atoms with van der Waals surface area (Å²) < 4.78 is 0. The number of aromatic nitrogens is 2. The number of carbonyl (C=O) groups is 1. The average Bonchev–Trinajstić information content (AvgIpc) is 2.91. The van der Waals surface area contributed by atoms with Gasteiger partial charge < -0.3 is 11.1 Å². The van der Waals surface area contributed by atoms with E-state index in [1.807, 2.05) is 6.07 Å². The Morgan fingerprint density at radius 3 is 2.65 bits per heavy atom. The quantitative estimate of drug-likeness (QED) is 0.741. The van der Waals surface area contributed by atoms with Crippen LogP contribution in [0.2, 0.25) is 0 Å². The van der Waals surface area contributed by atoms with Gasteiger partial charge in [-0.15, -0.1) is 0 Å². The summed E-state index contributed by atoms with van der Waals surface area (Å²) in [5.41, 5.74) is 6.28. The van der Waals surface area contributed by atoms with Crippen LogP contribution < -0.4 is 11.1 Å². The molecule has 94 valence electrons. The van der Waals surface area contributed by atoms with Crippen molar-refractivity contribution < 1.29 is 4.79 Å². The molecule has 1 saturated carbocycles. The van der Waals surface area contributed by atoms with Gasteiger partial charge in [-0.25, -0.2) is 0 Å². The first-order valence-corrected chi connectivity index (χ1v) is 5.95. The van der Waals surface area contributed by atoms with Gasteiger partial charge in [-0.3, -0.25) is 9.89 Å². The smallest absolute Gasteiger partial charge is 0.233 e. The molecule has 0 radical (unpaired) electrons. The summed E-state index contributed by atoms with van der Waals surface area (Å²) in [7, 11) is 0. The molecular weight excluding hydrogens is 216 g/mol. The SMILES string of the molecule is CC(C)(C)c1cc(NC(=O)C2(CN)CC2)n[nH]1. The number of rotatable bonds is 3. The van der Waals surface area contributed by atoms with E-state index in [0.29, 0.717) is 12.4 Å². The van der Waals surface area contributed by atoms with Crippen molar-refractivity contribution >= 4 is 11.7 Å². The first-order valence-electron chi connectivity index (χ1n) is 5.95. The lowest BCUT2D eigenvalue weighted by Gasteiger charge is -2.14. The van der Waals surface area contributed by atoms with Crippen molar-refractivity contribution in [2.24, 2.45) is 11.1 Å². The van der Waals surface area contributed by atoms with E-state index in [9.17, 15) is 4.79 Å². The molecule has 0 saturated heterocycles. The van der Waals surface area contributed by atoms with Crippen LogP contribution in [-0.2, 0) is 10.2 Å². The summed E-state index contributed by atoms with van der Waals surface area (Å²) in [6.45, 7) is 6.69. The third-order valence-electron chi connectivity index (χ3n) is 3.35. The number of aromatic amines is 1. The molecule has 4 N–H and O–H groups in total. The molecule has 1 fully saturated rings. The zero-order valence-electron chi connectivity index (χ0n) is 10.6. The topological polar surface area (TPSA) is 83.8 Å².